The Hall–Kier alpha value is -0.670. The number of rotatable bonds is 4. The van der Waals surface area contributed by atoms with Gasteiger partial charge in [-0.2, -0.15) is 5.26 Å². The molecule has 2 saturated heterocycles. The first-order chi connectivity index (χ1) is 12.1. The van der Waals surface area contributed by atoms with E-state index in [0.29, 0.717) is 5.92 Å². The Morgan fingerprint density at radius 1 is 1.08 bits per heavy atom. The molecule has 0 aromatic carbocycles. The van der Waals surface area contributed by atoms with E-state index in [9.17, 15) is 5.26 Å². The minimum absolute atomic E-state index is 0. The average molecular weight is 451 g/mol. The molecule has 2 aliphatic heterocycles. The highest BCUT2D eigenvalue weighted by molar-refractivity contribution is 7.11. The van der Waals surface area contributed by atoms with Gasteiger partial charge in [0.15, 0.2) is 0 Å². The van der Waals surface area contributed by atoms with Crippen LogP contribution in [0.5, 0.6) is 0 Å². The molecule has 4 heterocycles. The number of nitriles is 1. The van der Waals surface area contributed by atoms with Crippen LogP contribution >= 0.6 is 22.7 Å². The van der Waals surface area contributed by atoms with Crippen molar-refractivity contribution in [2.75, 3.05) is 14.1 Å². The van der Waals surface area contributed by atoms with Crippen molar-refractivity contribution in [3.05, 3.63) is 44.8 Å². The molecule has 0 aliphatic carbocycles. The summed E-state index contributed by atoms with van der Waals surface area (Å²) in [4.78, 5) is 2.45. The van der Waals surface area contributed by atoms with Crippen LogP contribution in [0.25, 0.3) is 0 Å². The maximum Gasteiger partial charge on any atom is 0.126 e. The van der Waals surface area contributed by atoms with Crippen LogP contribution in [0.2, 0.25) is 0 Å². The lowest BCUT2D eigenvalue weighted by Crippen LogP contribution is -3.00. The first-order valence-electron chi connectivity index (χ1n) is 9.39. The van der Waals surface area contributed by atoms with Crippen molar-refractivity contribution in [2.45, 2.75) is 56.0 Å². The number of thiophene rings is 2. The van der Waals surface area contributed by atoms with Crippen LogP contribution in [-0.2, 0) is 5.41 Å². The molecule has 0 N–H and O–H groups in total. The normalized spacial score (nSPS) is 27.3. The quantitative estimate of drug-likeness (QED) is 0.656. The Labute approximate surface area is 175 Å². The van der Waals surface area contributed by atoms with Gasteiger partial charge in [0.05, 0.1) is 32.2 Å². The van der Waals surface area contributed by atoms with Crippen LogP contribution in [0.1, 0.15) is 48.3 Å². The molecule has 0 saturated carbocycles. The molecule has 0 amide bonds. The summed E-state index contributed by atoms with van der Waals surface area (Å²) in [5.74, 6) is 0.658. The summed E-state index contributed by atoms with van der Waals surface area (Å²) in [6.07, 6.45) is 7.66. The molecule has 3 atom stereocenters. The molecule has 1 unspecified atom stereocenters. The van der Waals surface area contributed by atoms with E-state index >= 15 is 0 Å². The van der Waals surface area contributed by atoms with Gasteiger partial charge in [-0.3, -0.25) is 0 Å². The zero-order valence-electron chi connectivity index (χ0n) is 15.5. The first-order valence-corrected chi connectivity index (χ1v) is 11.1. The third-order valence-corrected chi connectivity index (χ3v) is 8.90. The van der Waals surface area contributed by atoms with Gasteiger partial charge in [0.2, 0.25) is 0 Å². The molecule has 5 heteroatoms. The number of halogens is 1. The van der Waals surface area contributed by atoms with Crippen molar-refractivity contribution in [3.8, 4) is 6.07 Å². The summed E-state index contributed by atoms with van der Waals surface area (Å²) in [5.41, 5.74) is -0.449. The average Bonchev–Trinajstić information content (AvgIpc) is 3.27. The molecule has 2 bridgehead atoms. The highest BCUT2D eigenvalue weighted by Crippen LogP contribution is 2.48. The minimum Gasteiger partial charge on any atom is -1.00 e. The van der Waals surface area contributed by atoms with E-state index < -0.39 is 5.41 Å². The highest BCUT2D eigenvalue weighted by Gasteiger charge is 2.49. The molecular formula is C21H27BrN2S2. The van der Waals surface area contributed by atoms with Crippen molar-refractivity contribution >= 4 is 22.7 Å². The second kappa shape index (κ2) is 7.75. The molecule has 2 aromatic rings. The standard InChI is InChI=1S/C21H27N2S2.BrH/c1-23(2)17-6-3-7-18(23)13-16(12-17)14-21(15-22,19-8-4-10-24-19)20-9-5-11-25-20;/h4-5,8-11,16-18H,3,6-7,12-14H2,1-2H3;1H/q+1;/p-1/t16?,17-,18+;. The SMILES string of the molecule is C[N+]1(C)[C@@H]2CCC[C@H]1CC(CC(C#N)(c1cccs1)c1cccs1)C2.[Br-]. The molecule has 2 fully saturated rings. The van der Waals surface area contributed by atoms with Gasteiger partial charge in [-0.25, -0.2) is 0 Å². The van der Waals surface area contributed by atoms with Crippen LogP contribution in [0.4, 0.5) is 0 Å². The Kier molecular flexibility index (Phi) is 5.99. The predicted molar refractivity (Wildman–Crippen MR) is 106 cm³/mol. The van der Waals surface area contributed by atoms with Crippen molar-refractivity contribution in [3.63, 3.8) is 0 Å². The fourth-order valence-corrected chi connectivity index (χ4v) is 7.19. The van der Waals surface area contributed by atoms with Gasteiger partial charge >= 0.3 is 0 Å². The molecule has 2 aliphatic rings. The lowest BCUT2D eigenvalue weighted by atomic mass is 9.69. The van der Waals surface area contributed by atoms with Crippen molar-refractivity contribution in [2.24, 2.45) is 5.92 Å². The molecular weight excluding hydrogens is 424 g/mol. The topological polar surface area (TPSA) is 23.8 Å². The number of quaternary nitrogens is 1. The maximum atomic E-state index is 10.3. The Morgan fingerprint density at radius 2 is 1.62 bits per heavy atom. The maximum absolute atomic E-state index is 10.3. The van der Waals surface area contributed by atoms with Gasteiger partial charge < -0.3 is 21.5 Å². The smallest absolute Gasteiger partial charge is 0.126 e. The van der Waals surface area contributed by atoms with E-state index in [1.165, 1.54) is 46.3 Å². The van der Waals surface area contributed by atoms with Crippen molar-refractivity contribution < 1.29 is 21.5 Å². The van der Waals surface area contributed by atoms with Gasteiger partial charge in [-0.05, 0) is 54.5 Å². The molecule has 2 nitrogen and oxygen atoms in total. The van der Waals surface area contributed by atoms with Crippen LogP contribution in [0, 0.1) is 17.2 Å². The number of piperidine rings is 2. The number of nitrogens with zero attached hydrogens (tertiary/aromatic N) is 2. The minimum atomic E-state index is -0.449. The van der Waals surface area contributed by atoms with Crippen molar-refractivity contribution in [1.82, 2.24) is 0 Å². The van der Waals surface area contributed by atoms with Gasteiger partial charge in [-0.15, -0.1) is 22.7 Å². The van der Waals surface area contributed by atoms with Crippen molar-refractivity contribution in [1.29, 1.82) is 5.26 Å². The monoisotopic (exact) mass is 450 g/mol. The van der Waals surface area contributed by atoms with E-state index in [2.05, 4.69) is 55.2 Å². The summed E-state index contributed by atoms with van der Waals surface area (Å²) in [6, 6.07) is 12.8. The zero-order valence-corrected chi connectivity index (χ0v) is 18.7. The third-order valence-electron chi connectivity index (χ3n) is 6.84. The van der Waals surface area contributed by atoms with E-state index in [4.69, 9.17) is 0 Å². The van der Waals surface area contributed by atoms with E-state index in [-0.39, 0.29) is 17.0 Å². The van der Waals surface area contributed by atoms with Gasteiger partial charge in [0, 0.05) is 22.6 Å². The summed E-state index contributed by atoms with van der Waals surface area (Å²) in [6.45, 7) is 0. The van der Waals surface area contributed by atoms with Crippen LogP contribution in [0.3, 0.4) is 0 Å². The van der Waals surface area contributed by atoms with Gasteiger partial charge in [0.1, 0.15) is 5.41 Å². The number of hydrogen-bond acceptors (Lipinski definition) is 3. The molecule has 0 radical (unpaired) electrons. The Bertz CT molecular complexity index is 695. The number of fused-ring (bicyclic) bond motifs is 2. The lowest BCUT2D eigenvalue weighted by molar-refractivity contribution is -0.950. The zero-order chi connectivity index (χ0) is 17.5. The predicted octanol–water partition coefficient (Wildman–Crippen LogP) is 2.42. The highest BCUT2D eigenvalue weighted by atomic mass is 79.9. The summed E-state index contributed by atoms with van der Waals surface area (Å²) >= 11 is 3.49. The third kappa shape index (κ3) is 3.30. The number of hydrogen-bond donors (Lipinski definition) is 0. The first kappa shape index (κ1) is 20.1. The molecule has 2 aromatic heterocycles. The second-order valence-corrected chi connectivity index (χ2v) is 10.3. The molecule has 140 valence electrons. The van der Waals surface area contributed by atoms with Gasteiger partial charge in [0.25, 0.3) is 0 Å². The van der Waals surface area contributed by atoms with E-state index in [1.54, 1.807) is 22.7 Å². The summed E-state index contributed by atoms with van der Waals surface area (Å²) in [7, 11) is 4.86. The fourth-order valence-electron chi connectivity index (χ4n) is 5.32. The van der Waals surface area contributed by atoms with Crippen LogP contribution in [-0.4, -0.2) is 30.7 Å². The van der Waals surface area contributed by atoms with E-state index in [0.717, 1.165) is 18.5 Å². The lowest BCUT2D eigenvalue weighted by Gasteiger charge is -2.54. The Morgan fingerprint density at radius 3 is 2.04 bits per heavy atom. The largest absolute Gasteiger partial charge is 1.00 e. The second-order valence-electron chi connectivity index (χ2n) is 8.38. The molecule has 0 spiro atoms. The van der Waals surface area contributed by atoms with Gasteiger partial charge in [-0.1, -0.05) is 12.1 Å². The van der Waals surface area contributed by atoms with E-state index in [1.807, 2.05) is 0 Å². The summed E-state index contributed by atoms with van der Waals surface area (Å²) in [5, 5.41) is 14.5. The van der Waals surface area contributed by atoms with Crippen LogP contribution in [0.15, 0.2) is 35.0 Å². The van der Waals surface area contributed by atoms with Crippen LogP contribution < -0.4 is 17.0 Å². The summed E-state index contributed by atoms with van der Waals surface area (Å²) < 4.78 is 1.20. The Balaban J connectivity index is 0.00000196. The fraction of sp³-hybridized carbons (Fsp3) is 0.571. The molecule has 4 rings (SSSR count). The molecule has 26 heavy (non-hydrogen) atoms.